The SMILES string of the molecule is O=C(Nc1ccc(C(=O)N2C[C@@H]3C[C@H](N4C(=O)c5ccccc5C4=O)CN3c3ccccc32)cc1)c1ccccc1-c1ccccc1. The van der Waals surface area contributed by atoms with E-state index in [4.69, 9.17) is 0 Å². The Hall–Kier alpha value is -6.02. The molecular formula is C39H30N4O4. The van der Waals surface area contributed by atoms with E-state index >= 15 is 0 Å². The Labute approximate surface area is 271 Å². The molecule has 4 amide bonds. The zero-order valence-corrected chi connectivity index (χ0v) is 25.4. The maximum atomic E-state index is 14.0. The smallest absolute Gasteiger partial charge is 0.261 e. The fourth-order valence-corrected chi connectivity index (χ4v) is 7.12. The van der Waals surface area contributed by atoms with Crippen LogP contribution in [0, 0.1) is 0 Å². The molecule has 3 heterocycles. The third-order valence-corrected chi connectivity index (χ3v) is 9.35. The Morgan fingerprint density at radius 1 is 0.596 bits per heavy atom. The van der Waals surface area contributed by atoms with Gasteiger partial charge in [0, 0.05) is 35.9 Å². The maximum Gasteiger partial charge on any atom is 0.261 e. The summed E-state index contributed by atoms with van der Waals surface area (Å²) >= 11 is 0. The summed E-state index contributed by atoms with van der Waals surface area (Å²) in [7, 11) is 0. The topological polar surface area (TPSA) is 90.0 Å². The Morgan fingerprint density at radius 3 is 1.89 bits per heavy atom. The van der Waals surface area contributed by atoms with Crippen LogP contribution in [0.25, 0.3) is 11.1 Å². The average Bonchev–Trinajstić information content (AvgIpc) is 3.66. The van der Waals surface area contributed by atoms with E-state index in [2.05, 4.69) is 10.2 Å². The van der Waals surface area contributed by atoms with Gasteiger partial charge < -0.3 is 15.1 Å². The van der Waals surface area contributed by atoms with Gasteiger partial charge in [-0.1, -0.05) is 72.8 Å². The van der Waals surface area contributed by atoms with Gasteiger partial charge in [-0.25, -0.2) is 0 Å². The van der Waals surface area contributed by atoms with Crippen LogP contribution < -0.4 is 15.1 Å². The molecule has 1 N–H and O–H groups in total. The quantitative estimate of drug-likeness (QED) is 0.227. The molecule has 0 spiro atoms. The summed E-state index contributed by atoms with van der Waals surface area (Å²) < 4.78 is 0. The van der Waals surface area contributed by atoms with Crippen LogP contribution in [0.5, 0.6) is 0 Å². The molecule has 0 aliphatic carbocycles. The van der Waals surface area contributed by atoms with Crippen molar-refractivity contribution >= 4 is 40.7 Å². The highest BCUT2D eigenvalue weighted by Gasteiger charge is 2.47. The van der Waals surface area contributed by atoms with E-state index in [0.29, 0.717) is 47.5 Å². The van der Waals surface area contributed by atoms with Crippen LogP contribution >= 0.6 is 0 Å². The molecule has 1 fully saturated rings. The Bertz CT molecular complexity index is 2020. The monoisotopic (exact) mass is 618 g/mol. The summed E-state index contributed by atoms with van der Waals surface area (Å²) in [4.78, 5) is 59.2. The minimum atomic E-state index is -0.301. The molecule has 230 valence electrons. The Kier molecular flexibility index (Phi) is 6.90. The first kappa shape index (κ1) is 28.5. The van der Waals surface area contributed by atoms with Crippen LogP contribution in [0.4, 0.5) is 17.1 Å². The number of benzene rings is 5. The van der Waals surface area contributed by atoms with Gasteiger partial charge in [0.1, 0.15) is 0 Å². The van der Waals surface area contributed by atoms with Crippen LogP contribution in [-0.2, 0) is 0 Å². The standard InChI is InChI=1S/C39H30N4O4/c44-36(31-13-5-4-12-30(31)25-10-2-1-3-11-25)40-27-20-18-26(19-21-27)37(45)42-23-28-22-29(24-41(28)34-16-8-9-17-35(34)42)43-38(46)32-14-6-7-15-33(32)39(43)47/h1-21,28-29H,22-24H2,(H,40,44)/t28-,29-/m0/s1. The van der Waals surface area contributed by atoms with Gasteiger partial charge in [-0.15, -0.1) is 0 Å². The summed E-state index contributed by atoms with van der Waals surface area (Å²) in [6, 6.07) is 38.5. The van der Waals surface area contributed by atoms with E-state index in [-0.39, 0.29) is 35.7 Å². The minimum absolute atomic E-state index is 0.0635. The first-order valence-electron chi connectivity index (χ1n) is 15.7. The zero-order chi connectivity index (χ0) is 32.1. The first-order chi connectivity index (χ1) is 23.0. The number of fused-ring (bicyclic) bond motifs is 4. The van der Waals surface area contributed by atoms with Crippen molar-refractivity contribution in [1.29, 1.82) is 0 Å². The van der Waals surface area contributed by atoms with E-state index in [1.165, 1.54) is 4.90 Å². The predicted molar refractivity (Wildman–Crippen MR) is 181 cm³/mol. The number of rotatable bonds is 5. The highest BCUT2D eigenvalue weighted by Crippen LogP contribution is 2.42. The van der Waals surface area contributed by atoms with Crippen molar-refractivity contribution in [2.45, 2.75) is 18.5 Å². The summed E-state index contributed by atoms with van der Waals surface area (Å²) in [6.45, 7) is 0.932. The lowest BCUT2D eigenvalue weighted by molar-refractivity contribution is 0.0595. The molecule has 0 saturated carbocycles. The molecule has 0 aromatic heterocycles. The molecule has 0 unspecified atom stereocenters. The van der Waals surface area contributed by atoms with Crippen molar-refractivity contribution in [1.82, 2.24) is 4.90 Å². The number of para-hydroxylation sites is 2. The van der Waals surface area contributed by atoms with Gasteiger partial charge >= 0.3 is 0 Å². The molecule has 5 aromatic rings. The molecule has 0 radical (unpaired) electrons. The van der Waals surface area contributed by atoms with Crippen molar-refractivity contribution in [2.24, 2.45) is 0 Å². The number of amides is 4. The van der Waals surface area contributed by atoms with Gasteiger partial charge in [-0.05, 0) is 72.1 Å². The van der Waals surface area contributed by atoms with E-state index in [1.807, 2.05) is 72.8 Å². The number of anilines is 3. The summed E-state index contributed by atoms with van der Waals surface area (Å²) in [5.74, 6) is -0.907. The lowest BCUT2D eigenvalue weighted by Crippen LogP contribution is -2.48. The second-order valence-corrected chi connectivity index (χ2v) is 12.1. The van der Waals surface area contributed by atoms with E-state index in [0.717, 1.165) is 22.5 Å². The van der Waals surface area contributed by atoms with Crippen molar-refractivity contribution in [2.75, 3.05) is 28.2 Å². The second kappa shape index (κ2) is 11.4. The maximum absolute atomic E-state index is 14.0. The molecule has 8 rings (SSSR count). The van der Waals surface area contributed by atoms with Crippen molar-refractivity contribution in [3.8, 4) is 11.1 Å². The molecule has 47 heavy (non-hydrogen) atoms. The van der Waals surface area contributed by atoms with Crippen molar-refractivity contribution < 1.29 is 19.2 Å². The lowest BCUT2D eigenvalue weighted by Gasteiger charge is -2.40. The van der Waals surface area contributed by atoms with E-state index in [9.17, 15) is 19.2 Å². The lowest BCUT2D eigenvalue weighted by atomic mass is 9.99. The van der Waals surface area contributed by atoms with Crippen LogP contribution in [0.2, 0.25) is 0 Å². The fourth-order valence-electron chi connectivity index (χ4n) is 7.12. The molecule has 8 heteroatoms. The molecule has 1 saturated heterocycles. The molecule has 5 aromatic carbocycles. The Balaban J connectivity index is 1.00. The van der Waals surface area contributed by atoms with Crippen LogP contribution in [0.1, 0.15) is 47.9 Å². The summed E-state index contributed by atoms with van der Waals surface area (Å²) in [5, 5.41) is 2.98. The molecule has 3 aliphatic heterocycles. The number of hydrogen-bond donors (Lipinski definition) is 1. The Morgan fingerprint density at radius 2 is 1.19 bits per heavy atom. The van der Waals surface area contributed by atoms with Gasteiger partial charge in [-0.2, -0.15) is 0 Å². The van der Waals surface area contributed by atoms with E-state index in [1.54, 1.807) is 59.5 Å². The molecule has 8 nitrogen and oxygen atoms in total. The molecule has 0 bridgehead atoms. The zero-order valence-electron chi connectivity index (χ0n) is 25.4. The van der Waals surface area contributed by atoms with E-state index < -0.39 is 0 Å². The normalized spacial score (nSPS) is 18.1. The van der Waals surface area contributed by atoms with Crippen LogP contribution in [0.15, 0.2) is 127 Å². The molecular weight excluding hydrogens is 588 g/mol. The highest BCUT2D eigenvalue weighted by atomic mass is 16.2. The summed E-state index contributed by atoms with van der Waals surface area (Å²) in [6.07, 6.45) is 0.568. The number of nitrogens with one attached hydrogen (secondary N) is 1. The largest absolute Gasteiger partial charge is 0.363 e. The van der Waals surface area contributed by atoms with Gasteiger partial charge in [0.05, 0.1) is 28.5 Å². The number of nitrogens with zero attached hydrogens (tertiary/aromatic N) is 3. The fraction of sp³-hybridized carbons (Fsp3) is 0.128. The number of imide groups is 1. The average molecular weight is 619 g/mol. The number of carbonyl (C=O) groups excluding carboxylic acids is 4. The van der Waals surface area contributed by atoms with Gasteiger partial charge in [0.2, 0.25) is 0 Å². The third-order valence-electron chi connectivity index (χ3n) is 9.35. The van der Waals surface area contributed by atoms with Crippen molar-refractivity contribution in [3.63, 3.8) is 0 Å². The molecule has 3 aliphatic rings. The van der Waals surface area contributed by atoms with Gasteiger partial charge in [0.25, 0.3) is 23.6 Å². The number of carbonyl (C=O) groups is 4. The predicted octanol–water partition coefficient (Wildman–Crippen LogP) is 6.51. The van der Waals surface area contributed by atoms with Gasteiger partial charge in [-0.3, -0.25) is 24.1 Å². The first-order valence-corrected chi connectivity index (χ1v) is 15.7. The minimum Gasteiger partial charge on any atom is -0.363 e. The van der Waals surface area contributed by atoms with Gasteiger partial charge in [0.15, 0.2) is 0 Å². The highest BCUT2D eigenvalue weighted by molar-refractivity contribution is 6.21. The van der Waals surface area contributed by atoms with Crippen LogP contribution in [-0.4, -0.2) is 53.7 Å². The molecule has 2 atom stereocenters. The third kappa shape index (κ3) is 4.86. The number of hydrogen-bond acceptors (Lipinski definition) is 5. The summed E-state index contributed by atoms with van der Waals surface area (Å²) in [5.41, 5.74) is 6.00. The second-order valence-electron chi connectivity index (χ2n) is 12.1. The van der Waals surface area contributed by atoms with Crippen molar-refractivity contribution in [3.05, 3.63) is 150 Å². The van der Waals surface area contributed by atoms with Crippen LogP contribution in [0.3, 0.4) is 0 Å².